The number of hydrogen-bond acceptors (Lipinski definition) is 7. The highest BCUT2D eigenvalue weighted by atomic mass is 79.9. The van der Waals surface area contributed by atoms with Crippen LogP contribution in [0.15, 0.2) is 76.5 Å². The maximum absolute atomic E-state index is 13.3. The van der Waals surface area contributed by atoms with E-state index in [0.717, 1.165) is 21.4 Å². The average molecular weight is 539 g/mol. The topological polar surface area (TPSA) is 96.8 Å². The SMILES string of the molecule is COC(=O)c1sc(N2C(=O)C(O)=C(C(=O)C=Cc3ccccc3)C2c2cccc(Br)c2)nc1C. The van der Waals surface area contributed by atoms with Gasteiger partial charge in [-0.25, -0.2) is 9.78 Å². The van der Waals surface area contributed by atoms with E-state index in [4.69, 9.17) is 4.74 Å². The number of anilines is 1. The molecule has 1 aliphatic heterocycles. The zero-order chi connectivity index (χ0) is 24.4. The van der Waals surface area contributed by atoms with Gasteiger partial charge in [0, 0.05) is 4.47 Å². The molecule has 0 saturated heterocycles. The molecule has 9 heteroatoms. The Hall–Kier alpha value is -3.56. The molecule has 1 unspecified atom stereocenters. The molecule has 1 amide bonds. The van der Waals surface area contributed by atoms with E-state index in [-0.39, 0.29) is 15.6 Å². The molecule has 2 heterocycles. The van der Waals surface area contributed by atoms with Gasteiger partial charge < -0.3 is 9.84 Å². The van der Waals surface area contributed by atoms with Crippen LogP contribution < -0.4 is 4.90 Å². The van der Waals surface area contributed by atoms with Crippen molar-refractivity contribution in [2.75, 3.05) is 12.0 Å². The van der Waals surface area contributed by atoms with Gasteiger partial charge in [-0.2, -0.15) is 0 Å². The minimum absolute atomic E-state index is 0.0669. The van der Waals surface area contributed by atoms with Gasteiger partial charge in [-0.15, -0.1) is 0 Å². The van der Waals surface area contributed by atoms with Crippen LogP contribution in [0.5, 0.6) is 0 Å². The van der Waals surface area contributed by atoms with Crippen LogP contribution in [0.1, 0.15) is 32.5 Å². The number of allylic oxidation sites excluding steroid dienone is 1. The number of methoxy groups -OCH3 is 1. The highest BCUT2D eigenvalue weighted by Crippen LogP contribution is 2.43. The number of carbonyl (C=O) groups excluding carboxylic acids is 3. The Kier molecular flexibility index (Phi) is 6.76. The normalized spacial score (nSPS) is 15.9. The number of rotatable bonds is 6. The van der Waals surface area contributed by atoms with Gasteiger partial charge in [0.05, 0.1) is 24.4 Å². The third-order valence-electron chi connectivity index (χ3n) is 5.23. The van der Waals surface area contributed by atoms with Gasteiger partial charge >= 0.3 is 5.97 Å². The first-order valence-corrected chi connectivity index (χ1v) is 11.8. The Balaban J connectivity index is 1.81. The summed E-state index contributed by atoms with van der Waals surface area (Å²) in [4.78, 5) is 44.4. The number of ketones is 1. The molecule has 7 nitrogen and oxygen atoms in total. The van der Waals surface area contributed by atoms with E-state index >= 15 is 0 Å². The minimum Gasteiger partial charge on any atom is -0.503 e. The summed E-state index contributed by atoms with van der Waals surface area (Å²) in [5, 5.41) is 11.0. The van der Waals surface area contributed by atoms with Crippen molar-refractivity contribution in [2.45, 2.75) is 13.0 Å². The number of aromatic nitrogens is 1. The highest BCUT2D eigenvalue weighted by molar-refractivity contribution is 9.10. The van der Waals surface area contributed by atoms with Gasteiger partial charge in [0.15, 0.2) is 16.7 Å². The van der Waals surface area contributed by atoms with Crippen LogP contribution in [0.4, 0.5) is 5.13 Å². The van der Waals surface area contributed by atoms with Crippen LogP contribution >= 0.6 is 27.3 Å². The predicted molar refractivity (Wildman–Crippen MR) is 133 cm³/mol. The molecule has 0 bridgehead atoms. The molecule has 1 aliphatic rings. The van der Waals surface area contributed by atoms with Crippen LogP contribution in [0.25, 0.3) is 6.08 Å². The molecule has 0 saturated carbocycles. The number of hydrogen-bond donors (Lipinski definition) is 1. The number of aliphatic hydroxyl groups is 1. The number of halogens is 1. The number of amides is 1. The second kappa shape index (κ2) is 9.74. The Morgan fingerprint density at radius 2 is 1.91 bits per heavy atom. The third kappa shape index (κ3) is 4.44. The Morgan fingerprint density at radius 3 is 2.59 bits per heavy atom. The molecule has 3 aromatic rings. The fourth-order valence-corrected chi connectivity index (χ4v) is 5.07. The van der Waals surface area contributed by atoms with E-state index in [9.17, 15) is 19.5 Å². The summed E-state index contributed by atoms with van der Waals surface area (Å²) in [5.41, 5.74) is 1.71. The van der Waals surface area contributed by atoms with Crippen molar-refractivity contribution < 1.29 is 24.2 Å². The molecule has 1 N–H and O–H groups in total. The van der Waals surface area contributed by atoms with Gasteiger partial charge in [0.1, 0.15) is 4.88 Å². The molecular weight excluding hydrogens is 520 g/mol. The lowest BCUT2D eigenvalue weighted by Crippen LogP contribution is -2.30. The quantitative estimate of drug-likeness (QED) is 0.343. The van der Waals surface area contributed by atoms with E-state index in [0.29, 0.717) is 11.3 Å². The van der Waals surface area contributed by atoms with Gasteiger partial charge in [-0.05, 0) is 36.3 Å². The number of esters is 1. The summed E-state index contributed by atoms with van der Waals surface area (Å²) in [5.74, 6) is -2.51. The average Bonchev–Trinajstić information content (AvgIpc) is 3.34. The van der Waals surface area contributed by atoms with Crippen LogP contribution in [0.2, 0.25) is 0 Å². The van der Waals surface area contributed by atoms with Gasteiger partial charge in [-0.1, -0.05) is 75.8 Å². The van der Waals surface area contributed by atoms with Gasteiger partial charge in [-0.3, -0.25) is 14.5 Å². The van der Waals surface area contributed by atoms with Gasteiger partial charge in [0.2, 0.25) is 0 Å². The Morgan fingerprint density at radius 1 is 1.18 bits per heavy atom. The first-order chi connectivity index (χ1) is 16.3. The number of ether oxygens (including phenoxy) is 1. The molecule has 1 aromatic heterocycles. The lowest BCUT2D eigenvalue weighted by molar-refractivity contribution is -0.117. The molecule has 1 atom stereocenters. The summed E-state index contributed by atoms with van der Waals surface area (Å²) < 4.78 is 5.54. The smallest absolute Gasteiger partial charge is 0.350 e. The molecule has 34 heavy (non-hydrogen) atoms. The first kappa shape index (κ1) is 23.6. The summed E-state index contributed by atoms with van der Waals surface area (Å²) in [7, 11) is 1.26. The molecular formula is C25H19BrN2O5S. The van der Waals surface area contributed by atoms with Gasteiger partial charge in [0.25, 0.3) is 5.91 Å². The van der Waals surface area contributed by atoms with E-state index in [1.54, 1.807) is 31.2 Å². The van der Waals surface area contributed by atoms with Crippen molar-refractivity contribution in [1.29, 1.82) is 0 Å². The van der Waals surface area contributed by atoms with Crippen LogP contribution in [-0.2, 0) is 14.3 Å². The monoisotopic (exact) mass is 538 g/mol. The number of aliphatic hydroxyl groups excluding tert-OH is 1. The standard InChI is InChI=1S/C25H19BrN2O5S/c1-14-22(24(32)33-2)34-25(27-14)28-20(16-9-6-10-17(26)13-16)19(21(30)23(28)31)18(29)12-11-15-7-4-3-5-8-15/h3-13,20,30H,1-2H3. The van der Waals surface area contributed by atoms with Crippen LogP contribution in [0, 0.1) is 6.92 Å². The molecule has 4 rings (SSSR count). The fourth-order valence-electron chi connectivity index (χ4n) is 3.64. The zero-order valence-electron chi connectivity index (χ0n) is 18.2. The number of nitrogens with zero attached hydrogens (tertiary/aromatic N) is 2. The van der Waals surface area contributed by atoms with Crippen molar-refractivity contribution in [3.8, 4) is 0 Å². The summed E-state index contributed by atoms with van der Waals surface area (Å²) in [6, 6.07) is 15.4. The van der Waals surface area contributed by atoms with Crippen molar-refractivity contribution in [3.63, 3.8) is 0 Å². The highest BCUT2D eigenvalue weighted by Gasteiger charge is 2.45. The van der Waals surface area contributed by atoms with E-state index in [1.807, 2.05) is 36.4 Å². The van der Waals surface area contributed by atoms with Crippen molar-refractivity contribution in [1.82, 2.24) is 4.98 Å². The fraction of sp³-hybridized carbons (Fsp3) is 0.120. The molecule has 2 aromatic carbocycles. The molecule has 0 radical (unpaired) electrons. The predicted octanol–water partition coefficient (Wildman–Crippen LogP) is 5.18. The van der Waals surface area contributed by atoms with Crippen molar-refractivity contribution in [3.05, 3.63) is 98.2 Å². The maximum Gasteiger partial charge on any atom is 0.350 e. The largest absolute Gasteiger partial charge is 0.503 e. The number of benzene rings is 2. The second-order valence-corrected chi connectivity index (χ2v) is 9.30. The second-order valence-electron chi connectivity index (χ2n) is 7.41. The Bertz CT molecular complexity index is 1350. The molecule has 0 spiro atoms. The lowest BCUT2D eigenvalue weighted by Gasteiger charge is -2.24. The molecule has 0 fully saturated rings. The molecule has 172 valence electrons. The van der Waals surface area contributed by atoms with Crippen LogP contribution in [-0.4, -0.2) is 34.9 Å². The van der Waals surface area contributed by atoms with E-state index in [2.05, 4.69) is 20.9 Å². The lowest BCUT2D eigenvalue weighted by atomic mass is 9.96. The molecule has 0 aliphatic carbocycles. The van der Waals surface area contributed by atoms with Crippen LogP contribution in [0.3, 0.4) is 0 Å². The number of aryl methyl sites for hydroxylation is 1. The van der Waals surface area contributed by atoms with Crippen molar-refractivity contribution in [2.24, 2.45) is 0 Å². The summed E-state index contributed by atoms with van der Waals surface area (Å²) >= 11 is 4.39. The minimum atomic E-state index is -0.936. The maximum atomic E-state index is 13.3. The summed E-state index contributed by atoms with van der Waals surface area (Å²) in [6.45, 7) is 1.63. The Labute approximate surface area is 208 Å². The third-order valence-corrected chi connectivity index (χ3v) is 6.86. The van der Waals surface area contributed by atoms with E-state index < -0.39 is 29.5 Å². The summed E-state index contributed by atoms with van der Waals surface area (Å²) in [6.07, 6.45) is 2.95. The number of thiazole rings is 1. The van der Waals surface area contributed by atoms with Crippen molar-refractivity contribution >= 4 is 56.1 Å². The van der Waals surface area contributed by atoms with E-state index in [1.165, 1.54) is 18.1 Å². The first-order valence-electron chi connectivity index (χ1n) is 10.2. The zero-order valence-corrected chi connectivity index (χ0v) is 20.6. The number of carbonyl (C=O) groups is 3.